The number of amides is 2. The zero-order valence-electron chi connectivity index (χ0n) is 16.3. The number of hydrogen-bond acceptors (Lipinski definition) is 4. The molecule has 0 fully saturated rings. The van der Waals surface area contributed by atoms with Crippen LogP contribution >= 0.6 is 0 Å². The quantitative estimate of drug-likeness (QED) is 0.635. The minimum Gasteiger partial charge on any atom is -0.350 e. The van der Waals surface area contributed by atoms with Gasteiger partial charge < -0.3 is 5.32 Å². The SMILES string of the molecule is Cc1ccc(C2=C(Nc3ccc(F)c(F)c3)C(=O)N(c3ccc(C#N)cc3)C2=O)cc1. The Balaban J connectivity index is 1.81. The van der Waals surface area contributed by atoms with Crippen molar-refractivity contribution in [3.8, 4) is 6.07 Å². The highest BCUT2D eigenvalue weighted by molar-refractivity contribution is 6.46. The first-order valence-electron chi connectivity index (χ1n) is 9.31. The Hall–Kier alpha value is -4.31. The first-order chi connectivity index (χ1) is 14.9. The van der Waals surface area contributed by atoms with Crippen LogP contribution in [0.3, 0.4) is 0 Å². The van der Waals surface area contributed by atoms with Crippen molar-refractivity contribution < 1.29 is 18.4 Å². The first kappa shape index (κ1) is 20.0. The lowest BCUT2D eigenvalue weighted by Crippen LogP contribution is -2.32. The summed E-state index contributed by atoms with van der Waals surface area (Å²) >= 11 is 0. The Labute approximate surface area is 176 Å². The van der Waals surface area contributed by atoms with Crippen molar-refractivity contribution >= 4 is 28.8 Å². The van der Waals surface area contributed by atoms with Gasteiger partial charge in [0.25, 0.3) is 11.8 Å². The van der Waals surface area contributed by atoms with E-state index in [1.165, 1.54) is 30.3 Å². The van der Waals surface area contributed by atoms with Gasteiger partial charge in [-0.25, -0.2) is 13.7 Å². The molecular weight excluding hydrogens is 400 g/mol. The molecule has 0 bridgehead atoms. The van der Waals surface area contributed by atoms with Gasteiger partial charge in [-0.3, -0.25) is 9.59 Å². The fourth-order valence-electron chi connectivity index (χ4n) is 3.27. The molecular formula is C24H15F2N3O2. The number of benzene rings is 3. The van der Waals surface area contributed by atoms with E-state index in [0.717, 1.165) is 22.6 Å². The molecule has 0 aromatic heterocycles. The molecule has 0 saturated carbocycles. The van der Waals surface area contributed by atoms with Crippen molar-refractivity contribution in [1.82, 2.24) is 0 Å². The van der Waals surface area contributed by atoms with E-state index in [4.69, 9.17) is 5.26 Å². The van der Waals surface area contributed by atoms with E-state index in [1.54, 1.807) is 24.3 Å². The van der Waals surface area contributed by atoms with E-state index in [9.17, 15) is 18.4 Å². The second-order valence-electron chi connectivity index (χ2n) is 6.97. The summed E-state index contributed by atoms with van der Waals surface area (Å²) in [6.07, 6.45) is 0. The molecule has 0 atom stereocenters. The molecule has 7 heteroatoms. The van der Waals surface area contributed by atoms with Crippen LogP contribution < -0.4 is 10.2 Å². The number of nitriles is 1. The summed E-state index contributed by atoms with van der Waals surface area (Å²) in [5.74, 6) is -3.31. The number of imide groups is 1. The number of nitrogens with zero attached hydrogens (tertiary/aromatic N) is 2. The highest BCUT2D eigenvalue weighted by atomic mass is 19.2. The smallest absolute Gasteiger partial charge is 0.282 e. The zero-order chi connectivity index (χ0) is 22.1. The van der Waals surface area contributed by atoms with E-state index in [2.05, 4.69) is 5.32 Å². The van der Waals surface area contributed by atoms with Crippen LogP contribution in [0.15, 0.2) is 72.4 Å². The van der Waals surface area contributed by atoms with Crippen molar-refractivity contribution in [3.63, 3.8) is 0 Å². The highest BCUT2D eigenvalue weighted by Gasteiger charge is 2.40. The number of carbonyl (C=O) groups excluding carboxylic acids is 2. The molecule has 31 heavy (non-hydrogen) atoms. The Morgan fingerprint density at radius 2 is 1.55 bits per heavy atom. The topological polar surface area (TPSA) is 73.2 Å². The van der Waals surface area contributed by atoms with Gasteiger partial charge in [0.1, 0.15) is 5.70 Å². The van der Waals surface area contributed by atoms with Gasteiger partial charge in [0.2, 0.25) is 0 Å². The van der Waals surface area contributed by atoms with Gasteiger partial charge in [0, 0.05) is 11.8 Å². The second kappa shape index (κ2) is 7.84. The molecule has 0 saturated heterocycles. The van der Waals surface area contributed by atoms with Crippen LogP contribution in [0, 0.1) is 29.9 Å². The van der Waals surface area contributed by atoms with Crippen LogP contribution in [-0.4, -0.2) is 11.8 Å². The maximum absolute atomic E-state index is 13.7. The van der Waals surface area contributed by atoms with Crippen LogP contribution in [0.5, 0.6) is 0 Å². The average molecular weight is 415 g/mol. The number of carbonyl (C=O) groups is 2. The Bertz CT molecular complexity index is 1270. The largest absolute Gasteiger partial charge is 0.350 e. The van der Waals surface area contributed by atoms with Crippen molar-refractivity contribution in [3.05, 3.63) is 101 Å². The summed E-state index contributed by atoms with van der Waals surface area (Å²) in [6, 6.07) is 18.2. The lowest BCUT2D eigenvalue weighted by atomic mass is 10.0. The third-order valence-electron chi connectivity index (χ3n) is 4.87. The van der Waals surface area contributed by atoms with E-state index >= 15 is 0 Å². The van der Waals surface area contributed by atoms with Crippen molar-refractivity contribution in [2.45, 2.75) is 6.92 Å². The summed E-state index contributed by atoms with van der Waals surface area (Å²) in [7, 11) is 0. The van der Waals surface area contributed by atoms with Crippen LogP contribution in [0.25, 0.3) is 5.57 Å². The zero-order valence-corrected chi connectivity index (χ0v) is 16.3. The van der Waals surface area contributed by atoms with Crippen molar-refractivity contribution in [2.24, 2.45) is 0 Å². The normalized spacial score (nSPS) is 13.5. The van der Waals surface area contributed by atoms with Crippen molar-refractivity contribution in [1.29, 1.82) is 5.26 Å². The van der Waals surface area contributed by atoms with Gasteiger partial charge in [-0.2, -0.15) is 5.26 Å². The maximum atomic E-state index is 13.7. The Kier molecular flexibility index (Phi) is 5.05. The number of halogens is 2. The predicted octanol–water partition coefficient (Wildman–Crippen LogP) is 4.54. The number of aryl methyl sites for hydroxylation is 1. The highest BCUT2D eigenvalue weighted by Crippen LogP contribution is 2.34. The summed E-state index contributed by atoms with van der Waals surface area (Å²) in [4.78, 5) is 27.5. The molecule has 3 aromatic rings. The van der Waals surface area contributed by atoms with Crippen LogP contribution in [0.2, 0.25) is 0 Å². The number of anilines is 2. The number of nitrogens with one attached hydrogen (secondary N) is 1. The summed E-state index contributed by atoms with van der Waals surface area (Å²) in [6.45, 7) is 1.89. The first-order valence-corrected chi connectivity index (χ1v) is 9.31. The molecule has 0 radical (unpaired) electrons. The Morgan fingerprint density at radius 3 is 2.16 bits per heavy atom. The van der Waals surface area contributed by atoms with Gasteiger partial charge in [-0.15, -0.1) is 0 Å². The molecule has 152 valence electrons. The fraction of sp³-hybridized carbons (Fsp3) is 0.0417. The molecule has 1 heterocycles. The minimum atomic E-state index is -1.08. The lowest BCUT2D eigenvalue weighted by molar-refractivity contribution is -0.120. The van der Waals surface area contributed by atoms with Gasteiger partial charge in [-0.1, -0.05) is 29.8 Å². The van der Waals surface area contributed by atoms with E-state index < -0.39 is 23.4 Å². The average Bonchev–Trinajstić information content (AvgIpc) is 3.01. The molecule has 1 N–H and O–H groups in total. The van der Waals surface area contributed by atoms with E-state index in [0.29, 0.717) is 16.8 Å². The maximum Gasteiger partial charge on any atom is 0.282 e. The van der Waals surface area contributed by atoms with Gasteiger partial charge in [-0.05, 0) is 48.9 Å². The number of rotatable bonds is 4. The van der Waals surface area contributed by atoms with Gasteiger partial charge in [0.15, 0.2) is 11.6 Å². The summed E-state index contributed by atoms with van der Waals surface area (Å²) < 4.78 is 27.0. The summed E-state index contributed by atoms with van der Waals surface area (Å²) in [5, 5.41) is 11.8. The fourth-order valence-corrected chi connectivity index (χ4v) is 3.27. The van der Waals surface area contributed by atoms with Crippen LogP contribution in [0.4, 0.5) is 20.2 Å². The molecule has 4 rings (SSSR count). The standard InChI is InChI=1S/C24H15F2N3O2/c1-14-2-6-16(7-3-14)21-22(28-17-8-11-19(25)20(26)12-17)24(31)29(23(21)30)18-9-4-15(13-27)5-10-18/h2-12,28H,1H3. The Morgan fingerprint density at radius 1 is 0.871 bits per heavy atom. The minimum absolute atomic E-state index is 0.0516. The van der Waals surface area contributed by atoms with Gasteiger partial charge in [0.05, 0.1) is 22.9 Å². The molecule has 0 aliphatic carbocycles. The lowest BCUT2D eigenvalue weighted by Gasteiger charge is -2.15. The molecule has 1 aliphatic rings. The summed E-state index contributed by atoms with van der Waals surface area (Å²) in [5.41, 5.74) is 2.34. The third-order valence-corrected chi connectivity index (χ3v) is 4.87. The van der Waals surface area contributed by atoms with Crippen LogP contribution in [0.1, 0.15) is 16.7 Å². The van der Waals surface area contributed by atoms with Gasteiger partial charge >= 0.3 is 0 Å². The molecule has 0 unspecified atom stereocenters. The third kappa shape index (κ3) is 3.67. The predicted molar refractivity (Wildman–Crippen MR) is 112 cm³/mol. The monoisotopic (exact) mass is 415 g/mol. The van der Waals surface area contributed by atoms with Crippen LogP contribution in [-0.2, 0) is 9.59 Å². The van der Waals surface area contributed by atoms with E-state index in [1.807, 2.05) is 13.0 Å². The molecule has 3 aromatic carbocycles. The molecule has 2 amide bonds. The molecule has 1 aliphatic heterocycles. The number of hydrogen-bond donors (Lipinski definition) is 1. The molecule has 0 spiro atoms. The van der Waals surface area contributed by atoms with E-state index in [-0.39, 0.29) is 17.0 Å². The van der Waals surface area contributed by atoms with Crippen molar-refractivity contribution in [2.75, 3.05) is 10.2 Å². The molecule has 5 nitrogen and oxygen atoms in total. The second-order valence-corrected chi connectivity index (χ2v) is 6.97.